The molecule has 0 bridgehead atoms. The van der Waals surface area contributed by atoms with Gasteiger partial charge in [0.25, 0.3) is 0 Å². The second kappa shape index (κ2) is 4.06. The zero-order valence-corrected chi connectivity index (χ0v) is 9.86. The van der Waals surface area contributed by atoms with Gasteiger partial charge in [-0.25, -0.2) is 9.67 Å². The average Bonchev–Trinajstić information content (AvgIpc) is 2.58. The zero-order valence-electron chi connectivity index (χ0n) is 9.86. The lowest BCUT2D eigenvalue weighted by atomic mass is 10.1. The van der Waals surface area contributed by atoms with Gasteiger partial charge in [-0.2, -0.15) is 0 Å². The van der Waals surface area contributed by atoms with Crippen LogP contribution in [0.2, 0.25) is 0 Å². The number of hydrogen-bond acceptors (Lipinski definition) is 3. The largest absolute Gasteiger partial charge is 0.324 e. The van der Waals surface area contributed by atoms with E-state index in [0.717, 1.165) is 11.5 Å². The molecule has 0 fully saturated rings. The topological polar surface area (TPSA) is 56.7 Å². The van der Waals surface area contributed by atoms with Crippen LogP contribution in [0, 0.1) is 20.8 Å². The molecule has 4 nitrogen and oxygen atoms in total. The third-order valence-corrected chi connectivity index (χ3v) is 2.45. The van der Waals surface area contributed by atoms with E-state index in [1.54, 1.807) is 0 Å². The minimum atomic E-state index is 0.374. The molecule has 0 radical (unpaired) electrons. The fraction of sp³-hybridized carbons (Fsp3) is 0.333. The Kier molecular flexibility index (Phi) is 2.75. The van der Waals surface area contributed by atoms with E-state index in [4.69, 9.17) is 5.73 Å². The zero-order chi connectivity index (χ0) is 11.7. The van der Waals surface area contributed by atoms with E-state index in [-0.39, 0.29) is 0 Å². The summed E-state index contributed by atoms with van der Waals surface area (Å²) in [6.07, 6.45) is 0. The number of rotatable bonds is 2. The number of aromatic nitrogens is 3. The molecule has 0 saturated heterocycles. The van der Waals surface area contributed by atoms with Crippen molar-refractivity contribution in [1.29, 1.82) is 0 Å². The first-order chi connectivity index (χ1) is 7.60. The predicted octanol–water partition coefficient (Wildman–Crippen LogP) is 1.65. The highest BCUT2D eigenvalue weighted by Gasteiger charge is 2.07. The smallest absolute Gasteiger partial charge is 0.164 e. The fourth-order valence-electron chi connectivity index (χ4n) is 1.85. The fourth-order valence-corrected chi connectivity index (χ4v) is 1.85. The van der Waals surface area contributed by atoms with Gasteiger partial charge >= 0.3 is 0 Å². The number of hydrogen-bond donors (Lipinski definition) is 1. The Morgan fingerprint density at radius 2 is 1.75 bits per heavy atom. The summed E-state index contributed by atoms with van der Waals surface area (Å²) >= 11 is 0. The summed E-state index contributed by atoms with van der Waals surface area (Å²) in [6.45, 7) is 6.46. The summed E-state index contributed by atoms with van der Waals surface area (Å²) in [6, 6.07) is 6.32. The summed E-state index contributed by atoms with van der Waals surface area (Å²) in [5.74, 6) is 1.54. The van der Waals surface area contributed by atoms with Crippen molar-refractivity contribution in [3.8, 4) is 5.69 Å². The van der Waals surface area contributed by atoms with Crippen LogP contribution < -0.4 is 5.73 Å². The maximum atomic E-state index is 5.53. The highest BCUT2D eigenvalue weighted by molar-refractivity contribution is 5.39. The van der Waals surface area contributed by atoms with Gasteiger partial charge < -0.3 is 5.73 Å². The number of aryl methyl sites for hydroxylation is 3. The Bertz CT molecular complexity index is 493. The molecule has 0 aliphatic heterocycles. The molecule has 84 valence electrons. The molecule has 2 rings (SSSR count). The van der Waals surface area contributed by atoms with E-state index in [1.165, 1.54) is 11.1 Å². The maximum Gasteiger partial charge on any atom is 0.164 e. The molecular formula is C12H16N4. The van der Waals surface area contributed by atoms with Crippen molar-refractivity contribution in [2.75, 3.05) is 0 Å². The highest BCUT2D eigenvalue weighted by atomic mass is 15.3. The van der Waals surface area contributed by atoms with Gasteiger partial charge in [0.05, 0.1) is 12.2 Å². The quantitative estimate of drug-likeness (QED) is 0.830. The van der Waals surface area contributed by atoms with E-state index >= 15 is 0 Å². The molecule has 0 amide bonds. The molecule has 2 N–H and O–H groups in total. The van der Waals surface area contributed by atoms with Gasteiger partial charge in [0.15, 0.2) is 5.82 Å². The number of nitrogens with two attached hydrogens (primary N) is 1. The van der Waals surface area contributed by atoms with Crippen LogP contribution in [-0.4, -0.2) is 14.8 Å². The minimum absolute atomic E-state index is 0.374. The molecule has 1 aromatic carbocycles. The molecule has 0 unspecified atom stereocenters. The van der Waals surface area contributed by atoms with Crippen molar-refractivity contribution in [3.05, 3.63) is 41.0 Å². The molecule has 0 aliphatic carbocycles. The van der Waals surface area contributed by atoms with E-state index < -0.39 is 0 Å². The van der Waals surface area contributed by atoms with Crippen molar-refractivity contribution >= 4 is 0 Å². The molecule has 1 aromatic heterocycles. The highest BCUT2D eigenvalue weighted by Crippen LogP contribution is 2.14. The summed E-state index contributed by atoms with van der Waals surface area (Å²) < 4.78 is 1.84. The number of benzene rings is 1. The van der Waals surface area contributed by atoms with Gasteiger partial charge in [-0.1, -0.05) is 6.07 Å². The van der Waals surface area contributed by atoms with Crippen LogP contribution >= 0.6 is 0 Å². The Balaban J connectivity index is 2.53. The van der Waals surface area contributed by atoms with Gasteiger partial charge in [-0.15, -0.1) is 5.10 Å². The molecule has 0 atom stereocenters. The van der Waals surface area contributed by atoms with Gasteiger partial charge in [-0.3, -0.25) is 0 Å². The Morgan fingerprint density at radius 3 is 2.25 bits per heavy atom. The molecule has 16 heavy (non-hydrogen) atoms. The molecule has 2 aromatic rings. The van der Waals surface area contributed by atoms with Crippen molar-refractivity contribution in [3.63, 3.8) is 0 Å². The minimum Gasteiger partial charge on any atom is -0.324 e. The lowest BCUT2D eigenvalue weighted by Gasteiger charge is -2.05. The Hall–Kier alpha value is -1.68. The Labute approximate surface area is 95.1 Å². The lowest BCUT2D eigenvalue weighted by molar-refractivity contribution is 0.811. The maximum absolute atomic E-state index is 5.53. The van der Waals surface area contributed by atoms with Crippen LogP contribution in [0.3, 0.4) is 0 Å². The van der Waals surface area contributed by atoms with Gasteiger partial charge in [-0.05, 0) is 44.0 Å². The monoisotopic (exact) mass is 216 g/mol. The van der Waals surface area contributed by atoms with Crippen molar-refractivity contribution in [1.82, 2.24) is 14.8 Å². The third kappa shape index (κ3) is 1.97. The van der Waals surface area contributed by atoms with Crippen molar-refractivity contribution in [2.45, 2.75) is 27.3 Å². The summed E-state index contributed by atoms with van der Waals surface area (Å²) in [5.41, 5.74) is 9.02. The van der Waals surface area contributed by atoms with Crippen molar-refractivity contribution in [2.24, 2.45) is 5.73 Å². The Morgan fingerprint density at radius 1 is 1.12 bits per heavy atom. The van der Waals surface area contributed by atoms with Gasteiger partial charge in [0.2, 0.25) is 0 Å². The SMILES string of the molecule is Cc1cc(C)cc(-n2nc(CN)nc2C)c1. The number of nitrogens with zero attached hydrogens (tertiary/aromatic N) is 3. The normalized spacial score (nSPS) is 10.8. The van der Waals surface area contributed by atoms with Crippen LogP contribution in [0.5, 0.6) is 0 Å². The lowest BCUT2D eigenvalue weighted by Crippen LogP contribution is -2.02. The summed E-state index contributed by atoms with van der Waals surface area (Å²) in [5, 5.41) is 4.36. The van der Waals surface area contributed by atoms with E-state index in [0.29, 0.717) is 12.4 Å². The first-order valence-corrected chi connectivity index (χ1v) is 5.31. The van der Waals surface area contributed by atoms with E-state index in [1.807, 2.05) is 11.6 Å². The standard InChI is InChI=1S/C12H16N4/c1-8-4-9(2)6-11(5-8)16-10(3)14-12(7-13)15-16/h4-6H,7,13H2,1-3H3. The molecule has 1 heterocycles. The van der Waals surface area contributed by atoms with Gasteiger partial charge in [0.1, 0.15) is 5.82 Å². The molecule has 0 saturated carbocycles. The predicted molar refractivity (Wildman–Crippen MR) is 63.5 cm³/mol. The van der Waals surface area contributed by atoms with Crippen LogP contribution in [0.15, 0.2) is 18.2 Å². The molecular weight excluding hydrogens is 200 g/mol. The van der Waals surface area contributed by atoms with Crippen LogP contribution in [-0.2, 0) is 6.54 Å². The van der Waals surface area contributed by atoms with Gasteiger partial charge in [0, 0.05) is 0 Å². The summed E-state index contributed by atoms with van der Waals surface area (Å²) in [4.78, 5) is 4.29. The first kappa shape index (κ1) is 10.8. The van der Waals surface area contributed by atoms with Crippen LogP contribution in [0.4, 0.5) is 0 Å². The third-order valence-electron chi connectivity index (χ3n) is 2.45. The van der Waals surface area contributed by atoms with Crippen molar-refractivity contribution < 1.29 is 0 Å². The second-order valence-corrected chi connectivity index (χ2v) is 4.04. The summed E-state index contributed by atoms with van der Waals surface area (Å²) in [7, 11) is 0. The molecule has 0 spiro atoms. The van der Waals surface area contributed by atoms with Crippen LogP contribution in [0.1, 0.15) is 22.8 Å². The first-order valence-electron chi connectivity index (χ1n) is 5.31. The van der Waals surface area contributed by atoms with E-state index in [2.05, 4.69) is 42.1 Å². The second-order valence-electron chi connectivity index (χ2n) is 4.04. The molecule has 4 heteroatoms. The van der Waals surface area contributed by atoms with Crippen LogP contribution in [0.25, 0.3) is 5.69 Å². The van der Waals surface area contributed by atoms with E-state index in [9.17, 15) is 0 Å². The average molecular weight is 216 g/mol. The molecule has 0 aliphatic rings.